The minimum atomic E-state index is -4.61. The van der Waals surface area contributed by atoms with Gasteiger partial charge in [-0.25, -0.2) is 33.7 Å². The number of hydrogen-bond donors (Lipinski definition) is 0. The van der Waals surface area contributed by atoms with E-state index < -0.39 is 57.9 Å². The highest BCUT2D eigenvalue weighted by atomic mass is 35.5. The van der Waals surface area contributed by atoms with Crippen LogP contribution in [0.4, 0.5) is 0 Å². The third kappa shape index (κ3) is 8.11. The summed E-state index contributed by atoms with van der Waals surface area (Å²) in [6.07, 6.45) is 0. The zero-order valence-corrected chi connectivity index (χ0v) is 28.7. The molecule has 0 saturated carbocycles. The van der Waals surface area contributed by atoms with Crippen LogP contribution in [0.5, 0.6) is 0 Å². The van der Waals surface area contributed by atoms with Crippen molar-refractivity contribution in [3.8, 4) is 0 Å². The van der Waals surface area contributed by atoms with Crippen molar-refractivity contribution in [2.45, 2.75) is 19.6 Å². The van der Waals surface area contributed by atoms with E-state index >= 15 is 0 Å². The molecule has 0 saturated heterocycles. The number of sulfone groups is 4. The average Bonchev–Trinajstić information content (AvgIpc) is 2.98. The average molecular weight is 783 g/mol. The van der Waals surface area contributed by atoms with Gasteiger partial charge in [-0.3, -0.25) is 0 Å². The van der Waals surface area contributed by atoms with Gasteiger partial charge < -0.3 is 11.1 Å². The standard InChI is InChI=1S/2C13H8Cl2N2O4S2/c14-9-1-5-11(6-2-9)22(18,19)13(17-16)23(20,21)12-7-3-10(15)4-8-12;14-9-3-1-5-11(7-9)22(18,19)13(17-16)23(20,21)12-6-2-4-10(15)8-12/h2*1-8H. The van der Waals surface area contributed by atoms with Crippen LogP contribution in [0.15, 0.2) is 117 Å². The summed E-state index contributed by atoms with van der Waals surface area (Å²) in [5.41, 5.74) is 18.0. The first kappa shape index (κ1) is 37.1. The summed E-state index contributed by atoms with van der Waals surface area (Å²) in [4.78, 5) is 3.44. The molecule has 46 heavy (non-hydrogen) atoms. The maximum absolute atomic E-state index is 12.5. The molecule has 0 radical (unpaired) electrons. The summed E-state index contributed by atoms with van der Waals surface area (Å²) in [5, 5.41) is 0.714. The zero-order valence-electron chi connectivity index (χ0n) is 22.4. The van der Waals surface area contributed by atoms with Gasteiger partial charge in [-0.1, -0.05) is 58.5 Å². The zero-order chi connectivity index (χ0) is 34.5. The van der Waals surface area contributed by atoms with Crippen LogP contribution in [-0.2, 0) is 39.3 Å². The highest BCUT2D eigenvalue weighted by Gasteiger charge is 2.45. The first-order valence-electron chi connectivity index (χ1n) is 11.9. The first-order chi connectivity index (χ1) is 21.4. The van der Waals surface area contributed by atoms with Crippen molar-refractivity contribution < 1.29 is 43.3 Å². The van der Waals surface area contributed by atoms with E-state index in [4.69, 9.17) is 57.5 Å². The van der Waals surface area contributed by atoms with Crippen LogP contribution < -0.4 is 0 Å². The van der Waals surface area contributed by atoms with Crippen molar-refractivity contribution in [3.05, 3.63) is 128 Å². The van der Waals surface area contributed by atoms with Gasteiger partial charge in [-0.2, -0.15) is 0 Å². The SMILES string of the molecule is [N-]=[N+]=C(S(=O)(=O)c1ccc(Cl)cc1)S(=O)(=O)c1ccc(Cl)cc1.[N-]=[N+]=C(S(=O)(=O)c1cccc(Cl)c1)S(=O)(=O)c1cccc(Cl)c1. The lowest BCUT2D eigenvalue weighted by atomic mass is 10.4. The van der Waals surface area contributed by atoms with Crippen molar-refractivity contribution in [1.29, 1.82) is 0 Å². The Hall–Kier alpha value is -3.40. The molecule has 0 N–H and O–H groups in total. The van der Waals surface area contributed by atoms with Gasteiger partial charge in [-0.05, 0) is 84.9 Å². The second-order valence-corrected chi connectivity index (χ2v) is 18.3. The van der Waals surface area contributed by atoms with Crippen LogP contribution >= 0.6 is 46.4 Å². The molecular formula is C26H16Cl4N4O8S4. The molecule has 0 bridgehead atoms. The van der Waals surface area contributed by atoms with E-state index in [-0.39, 0.29) is 29.9 Å². The van der Waals surface area contributed by atoms with Crippen molar-refractivity contribution >= 4 is 94.5 Å². The molecule has 0 unspecified atom stereocenters. The molecule has 240 valence electrons. The van der Waals surface area contributed by atoms with E-state index in [0.717, 1.165) is 48.5 Å². The predicted molar refractivity (Wildman–Crippen MR) is 172 cm³/mol. The van der Waals surface area contributed by atoms with Gasteiger partial charge in [0.05, 0.1) is 19.6 Å². The maximum Gasteiger partial charge on any atom is 0.504 e. The topological polar surface area (TPSA) is 209 Å². The normalized spacial score (nSPS) is 11.7. The smallest absolute Gasteiger partial charge is 0.359 e. The Morgan fingerprint density at radius 2 is 0.696 bits per heavy atom. The van der Waals surface area contributed by atoms with E-state index in [0.29, 0.717) is 0 Å². The lowest BCUT2D eigenvalue weighted by molar-refractivity contribution is 0.00349. The molecule has 0 aliphatic rings. The lowest BCUT2D eigenvalue weighted by Gasteiger charge is -2.03. The Morgan fingerprint density at radius 1 is 0.413 bits per heavy atom. The molecule has 0 atom stereocenters. The molecule has 20 heteroatoms. The maximum atomic E-state index is 12.5. The van der Waals surface area contributed by atoms with Gasteiger partial charge in [0.2, 0.25) is 0 Å². The van der Waals surface area contributed by atoms with Crippen molar-refractivity contribution in [2.75, 3.05) is 0 Å². The predicted octanol–water partition coefficient (Wildman–Crippen LogP) is 5.65. The summed E-state index contributed by atoms with van der Waals surface area (Å²) in [6.45, 7) is 0. The van der Waals surface area contributed by atoms with Gasteiger partial charge in [0.25, 0.3) is 39.3 Å². The van der Waals surface area contributed by atoms with E-state index in [9.17, 15) is 33.7 Å². The monoisotopic (exact) mass is 780 g/mol. The minimum absolute atomic E-state index is 0.0866. The van der Waals surface area contributed by atoms with Gasteiger partial charge >= 0.3 is 8.75 Å². The van der Waals surface area contributed by atoms with Crippen molar-refractivity contribution in [2.24, 2.45) is 0 Å². The van der Waals surface area contributed by atoms with Crippen LogP contribution in [0.1, 0.15) is 0 Å². The largest absolute Gasteiger partial charge is 0.504 e. The Bertz CT molecular complexity index is 2200. The lowest BCUT2D eigenvalue weighted by Crippen LogP contribution is -2.26. The minimum Gasteiger partial charge on any atom is -0.359 e. The Balaban J connectivity index is 0.000000250. The Morgan fingerprint density at radius 3 is 0.957 bits per heavy atom. The number of nitrogens with zero attached hydrogens (tertiary/aromatic N) is 4. The van der Waals surface area contributed by atoms with E-state index in [2.05, 4.69) is 9.58 Å². The summed E-state index contributed by atoms with van der Waals surface area (Å²) >= 11 is 22.8. The van der Waals surface area contributed by atoms with E-state index in [1.807, 2.05) is 0 Å². The highest BCUT2D eigenvalue weighted by molar-refractivity contribution is 8.31. The molecule has 0 aliphatic heterocycles. The number of benzene rings is 4. The molecule has 0 spiro atoms. The summed E-state index contributed by atoms with van der Waals surface area (Å²) in [7, 11) is -18.3. The highest BCUT2D eigenvalue weighted by Crippen LogP contribution is 2.25. The molecule has 0 heterocycles. The van der Waals surface area contributed by atoms with Crippen molar-refractivity contribution in [1.82, 2.24) is 0 Å². The molecule has 4 aromatic rings. The number of rotatable bonds is 4. The van der Waals surface area contributed by atoms with Gasteiger partial charge in [0.1, 0.15) is 0 Å². The van der Waals surface area contributed by atoms with Gasteiger partial charge in [0, 0.05) is 20.1 Å². The third-order valence-corrected chi connectivity index (χ3v) is 14.9. The fourth-order valence-electron chi connectivity index (χ4n) is 3.40. The van der Waals surface area contributed by atoms with Gasteiger partial charge in [-0.15, -0.1) is 9.58 Å². The summed E-state index contributed by atoms with van der Waals surface area (Å²) < 4.78 is 96.7. The number of hydrogen-bond acceptors (Lipinski definition) is 8. The quantitative estimate of drug-likeness (QED) is 0.109. The fraction of sp³-hybridized carbons (Fsp3) is 0. The Kier molecular flexibility index (Phi) is 11.7. The molecule has 0 aromatic heterocycles. The second kappa shape index (κ2) is 14.6. The molecule has 0 amide bonds. The molecular weight excluding hydrogens is 766 g/mol. The first-order valence-corrected chi connectivity index (χ1v) is 19.3. The second-order valence-electron chi connectivity index (χ2n) is 8.57. The summed E-state index contributed by atoms with van der Waals surface area (Å²) in [5.74, 6) is 0. The van der Waals surface area contributed by atoms with E-state index in [1.165, 1.54) is 48.5 Å². The van der Waals surface area contributed by atoms with Crippen LogP contribution in [0.2, 0.25) is 20.1 Å². The van der Waals surface area contributed by atoms with Crippen molar-refractivity contribution in [3.63, 3.8) is 0 Å². The molecule has 0 fully saturated rings. The third-order valence-electron chi connectivity index (χ3n) is 5.54. The molecule has 12 nitrogen and oxygen atoms in total. The Labute approximate surface area is 283 Å². The number of halogens is 4. The van der Waals surface area contributed by atoms with Crippen LogP contribution in [0.25, 0.3) is 11.1 Å². The van der Waals surface area contributed by atoms with E-state index in [1.54, 1.807) is 0 Å². The molecule has 4 aromatic carbocycles. The molecule has 0 aliphatic carbocycles. The van der Waals surface area contributed by atoms with Crippen LogP contribution in [0, 0.1) is 0 Å². The van der Waals surface area contributed by atoms with Crippen LogP contribution in [0.3, 0.4) is 0 Å². The van der Waals surface area contributed by atoms with Crippen LogP contribution in [-0.4, -0.2) is 52.0 Å². The van der Waals surface area contributed by atoms with Gasteiger partial charge in [0.15, 0.2) is 0 Å². The molecule has 4 rings (SSSR count). The fourth-order valence-corrected chi connectivity index (χ4v) is 10.9. The summed E-state index contributed by atoms with van der Waals surface area (Å²) in [6, 6.07) is 19.4.